The number of ether oxygens (including phenoxy) is 1. The predicted octanol–water partition coefficient (Wildman–Crippen LogP) is 3.30. The van der Waals surface area contributed by atoms with Crippen LogP contribution in [0.15, 0.2) is 48.5 Å². The Kier molecular flexibility index (Phi) is 5.59. The van der Waals surface area contributed by atoms with Gasteiger partial charge < -0.3 is 19.1 Å². The molecule has 2 aliphatic rings. The SMILES string of the molecule is O=C(C1CCN(c2nc3ccccc3n2Cc2cccc(F)c2)CC1)N1CCOCC1. The monoisotopic (exact) mass is 422 g/mol. The van der Waals surface area contributed by atoms with E-state index in [1.165, 1.54) is 6.07 Å². The Morgan fingerprint density at radius 3 is 2.58 bits per heavy atom. The highest BCUT2D eigenvalue weighted by molar-refractivity contribution is 5.80. The number of piperidine rings is 1. The maximum Gasteiger partial charge on any atom is 0.225 e. The van der Waals surface area contributed by atoms with E-state index in [0.717, 1.165) is 48.5 Å². The first kappa shape index (κ1) is 20.0. The number of nitrogens with zero attached hydrogens (tertiary/aromatic N) is 4. The molecule has 0 radical (unpaired) electrons. The zero-order chi connectivity index (χ0) is 21.2. The van der Waals surface area contributed by atoms with Crippen molar-refractivity contribution in [3.05, 3.63) is 59.9 Å². The van der Waals surface area contributed by atoms with Gasteiger partial charge in [0.1, 0.15) is 5.82 Å². The molecule has 2 fully saturated rings. The standard InChI is InChI=1S/C24H27FN4O2/c25-20-5-3-4-18(16-20)17-29-22-7-2-1-6-21(22)26-24(29)28-10-8-19(9-11-28)23(30)27-12-14-31-15-13-27/h1-7,16,19H,8-15,17H2. The van der Waals surface area contributed by atoms with Crippen LogP contribution in [-0.4, -0.2) is 59.8 Å². The number of rotatable bonds is 4. The molecule has 0 atom stereocenters. The molecule has 2 aromatic carbocycles. The number of fused-ring (bicyclic) bond motifs is 1. The van der Waals surface area contributed by atoms with Crippen molar-refractivity contribution in [1.29, 1.82) is 0 Å². The summed E-state index contributed by atoms with van der Waals surface area (Å²) in [7, 11) is 0. The van der Waals surface area contributed by atoms with E-state index in [1.807, 2.05) is 29.2 Å². The van der Waals surface area contributed by atoms with Crippen molar-refractivity contribution in [2.45, 2.75) is 19.4 Å². The lowest BCUT2D eigenvalue weighted by atomic mass is 9.95. The molecule has 6 nitrogen and oxygen atoms in total. The van der Waals surface area contributed by atoms with Crippen molar-refractivity contribution in [2.24, 2.45) is 5.92 Å². The molecular weight excluding hydrogens is 395 g/mol. The van der Waals surface area contributed by atoms with Gasteiger partial charge in [-0.2, -0.15) is 0 Å². The van der Waals surface area contributed by atoms with E-state index < -0.39 is 0 Å². The van der Waals surface area contributed by atoms with E-state index in [4.69, 9.17) is 9.72 Å². The highest BCUT2D eigenvalue weighted by Crippen LogP contribution is 2.29. The molecule has 2 aliphatic heterocycles. The van der Waals surface area contributed by atoms with Crippen molar-refractivity contribution in [1.82, 2.24) is 14.5 Å². The molecule has 2 saturated heterocycles. The summed E-state index contributed by atoms with van der Waals surface area (Å²) in [5.74, 6) is 0.986. The minimum atomic E-state index is -0.231. The molecule has 0 bridgehead atoms. The Labute approximate surface area is 181 Å². The maximum atomic E-state index is 13.8. The third-order valence-corrected chi connectivity index (χ3v) is 6.31. The summed E-state index contributed by atoms with van der Waals surface area (Å²) < 4.78 is 21.3. The van der Waals surface area contributed by atoms with Crippen molar-refractivity contribution in [3.63, 3.8) is 0 Å². The molecule has 1 amide bonds. The number of morpholine rings is 1. The topological polar surface area (TPSA) is 50.6 Å². The minimum absolute atomic E-state index is 0.0652. The molecule has 5 rings (SSSR count). The zero-order valence-electron chi connectivity index (χ0n) is 17.5. The quantitative estimate of drug-likeness (QED) is 0.648. The molecule has 0 aliphatic carbocycles. The number of benzene rings is 2. The van der Waals surface area contributed by atoms with Gasteiger partial charge in [-0.3, -0.25) is 4.79 Å². The number of hydrogen-bond acceptors (Lipinski definition) is 4. The zero-order valence-corrected chi connectivity index (χ0v) is 17.5. The van der Waals surface area contributed by atoms with E-state index in [-0.39, 0.29) is 17.6 Å². The highest BCUT2D eigenvalue weighted by Gasteiger charge is 2.31. The van der Waals surface area contributed by atoms with Gasteiger partial charge in [0.05, 0.1) is 30.8 Å². The molecule has 31 heavy (non-hydrogen) atoms. The molecule has 1 aromatic heterocycles. The van der Waals surface area contributed by atoms with Crippen LogP contribution in [0.1, 0.15) is 18.4 Å². The molecule has 0 saturated carbocycles. The second kappa shape index (κ2) is 8.67. The van der Waals surface area contributed by atoms with Crippen LogP contribution < -0.4 is 4.90 Å². The van der Waals surface area contributed by atoms with E-state index in [9.17, 15) is 9.18 Å². The highest BCUT2D eigenvalue weighted by atomic mass is 19.1. The first-order valence-electron chi connectivity index (χ1n) is 11.0. The lowest BCUT2D eigenvalue weighted by molar-refractivity contribution is -0.140. The third-order valence-electron chi connectivity index (χ3n) is 6.31. The first-order chi connectivity index (χ1) is 15.2. The van der Waals surface area contributed by atoms with Gasteiger partial charge in [0.25, 0.3) is 0 Å². The summed E-state index contributed by atoms with van der Waals surface area (Å²) in [5.41, 5.74) is 2.87. The number of amides is 1. The second-order valence-electron chi connectivity index (χ2n) is 8.32. The minimum Gasteiger partial charge on any atom is -0.378 e. The molecule has 7 heteroatoms. The largest absolute Gasteiger partial charge is 0.378 e. The van der Waals surface area contributed by atoms with E-state index in [0.29, 0.717) is 32.8 Å². The van der Waals surface area contributed by atoms with Crippen LogP contribution in [-0.2, 0) is 16.1 Å². The second-order valence-corrected chi connectivity index (χ2v) is 8.32. The average Bonchev–Trinajstić information content (AvgIpc) is 3.18. The molecule has 3 aromatic rings. The van der Waals surface area contributed by atoms with Gasteiger partial charge in [-0.05, 0) is 42.7 Å². The van der Waals surface area contributed by atoms with E-state index in [2.05, 4.69) is 15.5 Å². The van der Waals surface area contributed by atoms with Crippen LogP contribution in [0.3, 0.4) is 0 Å². The Morgan fingerprint density at radius 1 is 1.03 bits per heavy atom. The molecule has 0 spiro atoms. The molecular formula is C24H27FN4O2. The van der Waals surface area contributed by atoms with Crippen molar-refractivity contribution in [2.75, 3.05) is 44.3 Å². The Balaban J connectivity index is 1.36. The predicted molar refractivity (Wildman–Crippen MR) is 118 cm³/mol. The van der Waals surface area contributed by atoms with Crippen LogP contribution in [0.4, 0.5) is 10.3 Å². The van der Waals surface area contributed by atoms with Crippen molar-refractivity contribution in [3.8, 4) is 0 Å². The van der Waals surface area contributed by atoms with Gasteiger partial charge >= 0.3 is 0 Å². The number of para-hydroxylation sites is 2. The van der Waals surface area contributed by atoms with Crippen LogP contribution in [0.2, 0.25) is 0 Å². The van der Waals surface area contributed by atoms with Gasteiger partial charge in [0.15, 0.2) is 0 Å². The lowest BCUT2D eigenvalue weighted by Gasteiger charge is -2.36. The Bertz CT molecular complexity index is 1070. The van der Waals surface area contributed by atoms with Crippen LogP contribution >= 0.6 is 0 Å². The van der Waals surface area contributed by atoms with Crippen LogP contribution in [0.5, 0.6) is 0 Å². The summed E-state index contributed by atoms with van der Waals surface area (Å²) in [5, 5.41) is 0. The fraction of sp³-hybridized carbons (Fsp3) is 0.417. The number of anilines is 1. The number of imidazole rings is 1. The number of hydrogen-bond donors (Lipinski definition) is 0. The fourth-order valence-corrected chi connectivity index (χ4v) is 4.65. The van der Waals surface area contributed by atoms with E-state index in [1.54, 1.807) is 12.1 Å². The lowest BCUT2D eigenvalue weighted by Crippen LogP contribution is -2.47. The normalized spacial score (nSPS) is 18.0. The number of aromatic nitrogens is 2. The summed E-state index contributed by atoms with van der Waals surface area (Å²) in [6, 6.07) is 14.8. The van der Waals surface area contributed by atoms with Gasteiger partial charge in [0, 0.05) is 32.1 Å². The fourth-order valence-electron chi connectivity index (χ4n) is 4.65. The molecule has 3 heterocycles. The summed E-state index contributed by atoms with van der Waals surface area (Å²) in [6.45, 7) is 4.79. The number of carbonyl (C=O) groups is 1. The Hall–Kier alpha value is -2.93. The van der Waals surface area contributed by atoms with Gasteiger partial charge in [-0.15, -0.1) is 0 Å². The van der Waals surface area contributed by atoms with Crippen LogP contribution in [0, 0.1) is 11.7 Å². The summed E-state index contributed by atoms with van der Waals surface area (Å²) in [4.78, 5) is 22.0. The van der Waals surface area contributed by atoms with Crippen LogP contribution in [0.25, 0.3) is 11.0 Å². The number of halogens is 1. The Morgan fingerprint density at radius 2 is 1.81 bits per heavy atom. The van der Waals surface area contributed by atoms with Crippen molar-refractivity contribution < 1.29 is 13.9 Å². The van der Waals surface area contributed by atoms with Gasteiger partial charge in [-0.1, -0.05) is 24.3 Å². The molecule has 0 N–H and O–H groups in total. The third kappa shape index (κ3) is 4.14. The first-order valence-corrected chi connectivity index (χ1v) is 11.0. The summed E-state index contributed by atoms with van der Waals surface area (Å²) >= 11 is 0. The summed E-state index contributed by atoms with van der Waals surface area (Å²) in [6.07, 6.45) is 1.64. The van der Waals surface area contributed by atoms with Crippen molar-refractivity contribution >= 4 is 22.9 Å². The molecule has 0 unspecified atom stereocenters. The van der Waals surface area contributed by atoms with Gasteiger partial charge in [-0.25, -0.2) is 9.37 Å². The van der Waals surface area contributed by atoms with E-state index >= 15 is 0 Å². The number of carbonyl (C=O) groups excluding carboxylic acids is 1. The smallest absolute Gasteiger partial charge is 0.225 e. The maximum absolute atomic E-state index is 13.8. The van der Waals surface area contributed by atoms with Gasteiger partial charge in [0.2, 0.25) is 11.9 Å². The average molecular weight is 423 g/mol. The molecule has 162 valence electrons.